The van der Waals surface area contributed by atoms with Gasteiger partial charge in [-0.15, -0.1) is 0 Å². The van der Waals surface area contributed by atoms with Crippen molar-refractivity contribution in [1.82, 2.24) is 0 Å². The van der Waals surface area contributed by atoms with Gasteiger partial charge in [0.05, 0.1) is 0 Å². The summed E-state index contributed by atoms with van der Waals surface area (Å²) >= 11 is 0. The highest BCUT2D eigenvalue weighted by Crippen LogP contribution is 2.30. The van der Waals surface area contributed by atoms with Crippen molar-refractivity contribution >= 4 is 16.5 Å². The molecule has 1 saturated heterocycles. The topological polar surface area (TPSA) is 3.24 Å². The highest BCUT2D eigenvalue weighted by molar-refractivity contribution is 5.94. The number of nitrogens with zero attached hydrogens (tertiary/aromatic N) is 1. The molecule has 0 spiro atoms. The van der Waals surface area contributed by atoms with Crippen LogP contribution < -0.4 is 4.90 Å². The van der Waals surface area contributed by atoms with Gasteiger partial charge in [0.25, 0.3) is 0 Å². The Balaban J connectivity index is 1.91. The van der Waals surface area contributed by atoms with Crippen molar-refractivity contribution in [3.05, 3.63) is 42.5 Å². The summed E-state index contributed by atoms with van der Waals surface area (Å²) in [5.74, 6) is 0.941. The molecular formula is C17H21N. The Bertz CT molecular complexity index is 519. The predicted molar refractivity (Wildman–Crippen MR) is 79.2 cm³/mol. The van der Waals surface area contributed by atoms with E-state index in [-0.39, 0.29) is 0 Å². The molecule has 1 aliphatic heterocycles. The van der Waals surface area contributed by atoms with Gasteiger partial charge in [0.15, 0.2) is 0 Å². The molecule has 1 fully saturated rings. The maximum Gasteiger partial charge on any atom is 0.0445 e. The van der Waals surface area contributed by atoms with E-state index < -0.39 is 0 Å². The average molecular weight is 239 g/mol. The quantitative estimate of drug-likeness (QED) is 0.747. The highest BCUT2D eigenvalue weighted by atomic mass is 15.1. The van der Waals surface area contributed by atoms with Gasteiger partial charge in [-0.2, -0.15) is 0 Å². The summed E-state index contributed by atoms with van der Waals surface area (Å²) < 4.78 is 0. The summed E-state index contributed by atoms with van der Waals surface area (Å²) in [5.41, 5.74) is 1.42. The van der Waals surface area contributed by atoms with Gasteiger partial charge in [0, 0.05) is 24.2 Å². The van der Waals surface area contributed by atoms with E-state index in [1.54, 1.807) is 0 Å². The predicted octanol–water partition coefficient (Wildman–Crippen LogP) is 4.47. The molecule has 3 rings (SSSR count). The van der Waals surface area contributed by atoms with Crippen LogP contribution in [-0.2, 0) is 0 Å². The molecule has 1 heteroatoms. The molecule has 0 aromatic heterocycles. The van der Waals surface area contributed by atoms with E-state index in [1.807, 2.05) is 0 Å². The van der Waals surface area contributed by atoms with Gasteiger partial charge in [-0.05, 0) is 30.2 Å². The Morgan fingerprint density at radius 1 is 1.00 bits per heavy atom. The molecule has 2 aromatic carbocycles. The van der Waals surface area contributed by atoms with Gasteiger partial charge in [-0.3, -0.25) is 0 Å². The molecule has 18 heavy (non-hydrogen) atoms. The first-order valence-electron chi connectivity index (χ1n) is 7.11. The molecule has 0 N–H and O–H groups in total. The lowest BCUT2D eigenvalue weighted by molar-refractivity contribution is 0.395. The molecule has 0 saturated carbocycles. The number of benzene rings is 2. The molecule has 94 valence electrons. The highest BCUT2D eigenvalue weighted by Gasteiger charge is 2.18. The zero-order valence-electron chi connectivity index (χ0n) is 11.1. The number of piperidine rings is 1. The summed E-state index contributed by atoms with van der Waals surface area (Å²) in [7, 11) is 0. The maximum atomic E-state index is 2.56. The van der Waals surface area contributed by atoms with Crippen molar-refractivity contribution in [2.75, 3.05) is 18.0 Å². The summed E-state index contributed by atoms with van der Waals surface area (Å²) in [6.45, 7) is 4.75. The van der Waals surface area contributed by atoms with E-state index in [9.17, 15) is 0 Å². The summed E-state index contributed by atoms with van der Waals surface area (Å²) in [4.78, 5) is 2.56. The second-order valence-electron chi connectivity index (χ2n) is 5.34. The molecule has 1 nitrogen and oxygen atoms in total. The minimum atomic E-state index is 0.941. The van der Waals surface area contributed by atoms with Gasteiger partial charge >= 0.3 is 0 Å². The number of rotatable bonds is 2. The molecular weight excluding hydrogens is 218 g/mol. The third-order valence-corrected chi connectivity index (χ3v) is 4.30. The van der Waals surface area contributed by atoms with E-state index in [0.717, 1.165) is 5.92 Å². The van der Waals surface area contributed by atoms with Crippen molar-refractivity contribution in [3.8, 4) is 0 Å². The molecule has 1 aliphatic rings. The van der Waals surface area contributed by atoms with Crippen molar-refractivity contribution in [2.24, 2.45) is 5.92 Å². The van der Waals surface area contributed by atoms with Gasteiger partial charge in [-0.25, -0.2) is 0 Å². The fourth-order valence-corrected chi connectivity index (χ4v) is 3.07. The number of anilines is 1. The van der Waals surface area contributed by atoms with Gasteiger partial charge in [0.2, 0.25) is 0 Å². The Hall–Kier alpha value is -1.50. The van der Waals surface area contributed by atoms with Crippen LogP contribution in [0.15, 0.2) is 42.5 Å². The third kappa shape index (κ3) is 2.10. The fourth-order valence-electron chi connectivity index (χ4n) is 3.07. The van der Waals surface area contributed by atoms with Gasteiger partial charge in [0.1, 0.15) is 0 Å². The van der Waals surface area contributed by atoms with Crippen LogP contribution in [0.3, 0.4) is 0 Å². The molecule has 0 unspecified atom stereocenters. The van der Waals surface area contributed by atoms with Crippen LogP contribution in [0, 0.1) is 5.92 Å². The Morgan fingerprint density at radius 3 is 2.50 bits per heavy atom. The number of hydrogen-bond donors (Lipinski definition) is 0. The standard InChI is InChI=1S/C17H21N/c1-2-14-10-12-18(13-11-14)17-9-5-7-15-6-3-4-8-16(15)17/h3-9,14H,2,10-13H2,1H3. The minimum absolute atomic E-state index is 0.941. The Kier molecular flexibility index (Phi) is 3.22. The van der Waals surface area contributed by atoms with E-state index >= 15 is 0 Å². The molecule has 0 atom stereocenters. The normalized spacial score (nSPS) is 17.3. The van der Waals surface area contributed by atoms with Crippen LogP contribution in [0.2, 0.25) is 0 Å². The lowest BCUT2D eigenvalue weighted by Crippen LogP contribution is -2.33. The number of hydrogen-bond acceptors (Lipinski definition) is 1. The van der Waals surface area contributed by atoms with Crippen molar-refractivity contribution in [3.63, 3.8) is 0 Å². The first kappa shape index (κ1) is 11.6. The lowest BCUT2D eigenvalue weighted by Gasteiger charge is -2.34. The largest absolute Gasteiger partial charge is 0.371 e. The monoisotopic (exact) mass is 239 g/mol. The number of fused-ring (bicyclic) bond motifs is 1. The van der Waals surface area contributed by atoms with E-state index in [0.29, 0.717) is 0 Å². The molecule has 0 aliphatic carbocycles. The Labute approximate surface area is 109 Å². The SMILES string of the molecule is CCC1CCN(c2cccc3ccccc23)CC1. The van der Waals surface area contributed by atoms with E-state index in [1.165, 1.54) is 48.8 Å². The summed E-state index contributed by atoms with van der Waals surface area (Å²) in [6.07, 6.45) is 4.03. The zero-order chi connectivity index (χ0) is 12.4. The fraction of sp³-hybridized carbons (Fsp3) is 0.412. The molecule has 0 radical (unpaired) electrons. The summed E-state index contributed by atoms with van der Waals surface area (Å²) in [5, 5.41) is 2.75. The third-order valence-electron chi connectivity index (χ3n) is 4.30. The van der Waals surface area contributed by atoms with Crippen LogP contribution >= 0.6 is 0 Å². The van der Waals surface area contributed by atoms with E-state index in [2.05, 4.69) is 54.3 Å². The minimum Gasteiger partial charge on any atom is -0.371 e. The lowest BCUT2D eigenvalue weighted by atomic mass is 9.93. The molecule has 2 aromatic rings. The summed E-state index contributed by atoms with van der Waals surface area (Å²) in [6, 6.07) is 15.4. The van der Waals surface area contributed by atoms with Crippen molar-refractivity contribution < 1.29 is 0 Å². The van der Waals surface area contributed by atoms with Crippen molar-refractivity contribution in [2.45, 2.75) is 26.2 Å². The Morgan fingerprint density at radius 2 is 1.72 bits per heavy atom. The second kappa shape index (κ2) is 5.01. The van der Waals surface area contributed by atoms with Crippen LogP contribution in [0.1, 0.15) is 26.2 Å². The smallest absolute Gasteiger partial charge is 0.0445 e. The first-order chi connectivity index (χ1) is 8.88. The van der Waals surface area contributed by atoms with Gasteiger partial charge < -0.3 is 4.90 Å². The second-order valence-corrected chi connectivity index (χ2v) is 5.34. The molecule has 1 heterocycles. The zero-order valence-corrected chi connectivity index (χ0v) is 11.1. The van der Waals surface area contributed by atoms with Crippen LogP contribution in [0.5, 0.6) is 0 Å². The van der Waals surface area contributed by atoms with Crippen LogP contribution in [-0.4, -0.2) is 13.1 Å². The molecule has 0 amide bonds. The van der Waals surface area contributed by atoms with Gasteiger partial charge in [-0.1, -0.05) is 49.7 Å². The molecule has 0 bridgehead atoms. The van der Waals surface area contributed by atoms with Crippen LogP contribution in [0.4, 0.5) is 5.69 Å². The van der Waals surface area contributed by atoms with Crippen molar-refractivity contribution in [1.29, 1.82) is 0 Å². The van der Waals surface area contributed by atoms with Crippen LogP contribution in [0.25, 0.3) is 10.8 Å². The maximum absolute atomic E-state index is 2.56. The van der Waals surface area contributed by atoms with E-state index in [4.69, 9.17) is 0 Å². The average Bonchev–Trinajstić information content (AvgIpc) is 2.47. The first-order valence-corrected chi connectivity index (χ1v) is 7.11.